The summed E-state index contributed by atoms with van der Waals surface area (Å²) in [6.45, 7) is 17.7. The highest BCUT2D eigenvalue weighted by atomic mass is 28.3. The monoisotopic (exact) mass is 444 g/mol. The van der Waals surface area contributed by atoms with Gasteiger partial charge in [0.25, 0.3) is 0 Å². The van der Waals surface area contributed by atoms with Gasteiger partial charge in [0.2, 0.25) is 0 Å². The SMILES string of the molecule is Cc1ccc(C)n1-c1cc(C[Si](C)(C)C)ccn1.Cc1ccnc(-n2c(C)ccc2C)c1. The highest BCUT2D eigenvalue weighted by molar-refractivity contribution is 6.75. The number of pyridine rings is 2. The fraction of sp³-hybridized carbons (Fsp3) is 0.333. The molecule has 0 aromatic carbocycles. The largest absolute Gasteiger partial charge is 0.303 e. The molecule has 0 aliphatic heterocycles. The molecule has 0 aliphatic rings. The van der Waals surface area contributed by atoms with Crippen LogP contribution in [-0.2, 0) is 6.04 Å². The molecule has 0 saturated carbocycles. The summed E-state index contributed by atoms with van der Waals surface area (Å²) in [5, 5.41) is 0. The van der Waals surface area contributed by atoms with Gasteiger partial charge in [-0.1, -0.05) is 19.6 Å². The van der Waals surface area contributed by atoms with Crippen LogP contribution in [-0.4, -0.2) is 27.2 Å². The molecule has 0 saturated heterocycles. The first-order valence-electron chi connectivity index (χ1n) is 11.2. The zero-order chi connectivity index (χ0) is 23.5. The van der Waals surface area contributed by atoms with Gasteiger partial charge in [0.1, 0.15) is 11.6 Å². The van der Waals surface area contributed by atoms with Crippen molar-refractivity contribution in [3.63, 3.8) is 0 Å². The molecule has 4 aromatic heterocycles. The van der Waals surface area contributed by atoms with Crippen molar-refractivity contribution < 1.29 is 0 Å². The van der Waals surface area contributed by atoms with Gasteiger partial charge in [-0.25, -0.2) is 9.97 Å². The summed E-state index contributed by atoms with van der Waals surface area (Å²) in [6.07, 6.45) is 3.78. The molecule has 0 radical (unpaired) electrons. The maximum absolute atomic E-state index is 4.51. The summed E-state index contributed by atoms with van der Waals surface area (Å²) in [4.78, 5) is 8.88. The van der Waals surface area contributed by atoms with Crippen molar-refractivity contribution >= 4 is 8.07 Å². The topological polar surface area (TPSA) is 35.6 Å². The van der Waals surface area contributed by atoms with Crippen molar-refractivity contribution in [2.45, 2.75) is 60.3 Å². The first-order chi connectivity index (χ1) is 15.0. The van der Waals surface area contributed by atoms with Gasteiger partial charge in [0, 0.05) is 43.2 Å². The average molecular weight is 445 g/mol. The number of aromatic nitrogens is 4. The molecule has 32 heavy (non-hydrogen) atoms. The average Bonchev–Trinajstić information content (AvgIpc) is 3.21. The van der Waals surface area contributed by atoms with E-state index >= 15 is 0 Å². The Morgan fingerprint density at radius 2 is 1.06 bits per heavy atom. The predicted octanol–water partition coefficient (Wildman–Crippen LogP) is 6.71. The van der Waals surface area contributed by atoms with E-state index in [0.29, 0.717) is 0 Å². The maximum Gasteiger partial charge on any atom is 0.137 e. The third-order valence-corrected chi connectivity index (χ3v) is 6.91. The third kappa shape index (κ3) is 5.86. The van der Waals surface area contributed by atoms with Crippen molar-refractivity contribution in [3.8, 4) is 11.6 Å². The minimum atomic E-state index is -1.07. The van der Waals surface area contributed by atoms with E-state index < -0.39 is 8.07 Å². The lowest BCUT2D eigenvalue weighted by Crippen LogP contribution is -2.24. The second kappa shape index (κ2) is 9.70. The van der Waals surface area contributed by atoms with Gasteiger partial charge >= 0.3 is 0 Å². The first kappa shape index (κ1) is 23.7. The van der Waals surface area contributed by atoms with Gasteiger partial charge in [-0.3, -0.25) is 0 Å². The first-order valence-corrected chi connectivity index (χ1v) is 14.9. The summed E-state index contributed by atoms with van der Waals surface area (Å²) in [5.74, 6) is 2.05. The van der Waals surface area contributed by atoms with Gasteiger partial charge in [0.05, 0.1) is 0 Å². The lowest BCUT2D eigenvalue weighted by Gasteiger charge is -2.16. The van der Waals surface area contributed by atoms with Crippen LogP contribution in [0.2, 0.25) is 19.6 Å². The molecule has 168 valence electrons. The summed E-state index contributed by atoms with van der Waals surface area (Å²) in [5.41, 5.74) is 7.57. The van der Waals surface area contributed by atoms with Crippen LogP contribution in [0, 0.1) is 34.6 Å². The quantitative estimate of drug-likeness (QED) is 0.328. The molecular formula is C27H36N4Si. The van der Waals surface area contributed by atoms with E-state index in [0.717, 1.165) is 11.6 Å². The van der Waals surface area contributed by atoms with E-state index in [4.69, 9.17) is 0 Å². The molecular weight excluding hydrogens is 408 g/mol. The van der Waals surface area contributed by atoms with Crippen LogP contribution in [0.1, 0.15) is 33.9 Å². The van der Waals surface area contributed by atoms with E-state index in [1.807, 2.05) is 18.5 Å². The van der Waals surface area contributed by atoms with Crippen molar-refractivity contribution in [3.05, 3.63) is 94.8 Å². The molecule has 0 bridgehead atoms. The zero-order valence-corrected chi connectivity index (χ0v) is 21.8. The van der Waals surface area contributed by atoms with Crippen LogP contribution < -0.4 is 0 Å². The summed E-state index contributed by atoms with van der Waals surface area (Å²) in [6, 6.07) is 18.2. The van der Waals surface area contributed by atoms with Gasteiger partial charge < -0.3 is 9.13 Å². The van der Waals surface area contributed by atoms with Crippen LogP contribution >= 0.6 is 0 Å². The van der Waals surface area contributed by atoms with Gasteiger partial charge in [0.15, 0.2) is 0 Å². The Hall–Kier alpha value is -2.92. The van der Waals surface area contributed by atoms with Crippen LogP contribution in [0.4, 0.5) is 0 Å². The van der Waals surface area contributed by atoms with E-state index in [-0.39, 0.29) is 0 Å². The minimum absolute atomic E-state index is 1.00. The molecule has 0 amide bonds. The molecule has 4 aromatic rings. The number of hydrogen-bond acceptors (Lipinski definition) is 2. The Kier molecular flexibility index (Phi) is 7.19. The molecule has 0 aliphatic carbocycles. The van der Waals surface area contributed by atoms with Crippen LogP contribution in [0.15, 0.2) is 60.9 Å². The zero-order valence-electron chi connectivity index (χ0n) is 20.8. The Balaban J connectivity index is 0.000000186. The van der Waals surface area contributed by atoms with Crippen LogP contribution in [0.5, 0.6) is 0 Å². The molecule has 5 heteroatoms. The third-order valence-electron chi connectivity index (χ3n) is 5.45. The molecule has 0 spiro atoms. The number of rotatable bonds is 4. The Bertz CT molecular complexity index is 1160. The molecule has 0 fully saturated rings. The molecule has 0 N–H and O–H groups in total. The predicted molar refractivity (Wildman–Crippen MR) is 138 cm³/mol. The van der Waals surface area contributed by atoms with Crippen molar-refractivity contribution in [1.82, 2.24) is 19.1 Å². The molecule has 0 unspecified atom stereocenters. The Morgan fingerprint density at radius 3 is 1.50 bits per heavy atom. The normalized spacial score (nSPS) is 11.2. The van der Waals surface area contributed by atoms with Crippen molar-refractivity contribution in [1.29, 1.82) is 0 Å². The minimum Gasteiger partial charge on any atom is -0.303 e. The number of hydrogen-bond donors (Lipinski definition) is 0. The van der Waals surface area contributed by atoms with Crippen molar-refractivity contribution in [2.75, 3.05) is 0 Å². The second-order valence-corrected chi connectivity index (χ2v) is 15.3. The van der Waals surface area contributed by atoms with Gasteiger partial charge in [-0.2, -0.15) is 0 Å². The lowest BCUT2D eigenvalue weighted by atomic mass is 10.3. The maximum atomic E-state index is 4.51. The molecule has 4 nitrogen and oxygen atoms in total. The van der Waals surface area contributed by atoms with E-state index in [1.165, 1.54) is 39.9 Å². The number of nitrogens with zero attached hydrogens (tertiary/aromatic N) is 4. The fourth-order valence-electron chi connectivity index (χ4n) is 4.01. The molecule has 4 heterocycles. The smallest absolute Gasteiger partial charge is 0.137 e. The molecule has 4 rings (SSSR count). The Labute approximate surface area is 194 Å². The highest BCUT2D eigenvalue weighted by Gasteiger charge is 2.15. The Morgan fingerprint density at radius 1 is 0.625 bits per heavy atom. The van der Waals surface area contributed by atoms with Crippen molar-refractivity contribution in [2.24, 2.45) is 0 Å². The fourth-order valence-corrected chi connectivity index (χ4v) is 5.45. The van der Waals surface area contributed by atoms with E-state index in [9.17, 15) is 0 Å². The summed E-state index contributed by atoms with van der Waals surface area (Å²) >= 11 is 0. The van der Waals surface area contributed by atoms with Gasteiger partial charge in [-0.15, -0.1) is 0 Å². The van der Waals surface area contributed by atoms with Gasteiger partial charge in [-0.05, 0) is 100 Å². The summed E-state index contributed by atoms with van der Waals surface area (Å²) in [7, 11) is -1.07. The highest BCUT2D eigenvalue weighted by Crippen LogP contribution is 2.18. The van der Waals surface area contributed by atoms with Crippen LogP contribution in [0.25, 0.3) is 11.6 Å². The van der Waals surface area contributed by atoms with E-state index in [2.05, 4.69) is 116 Å². The standard InChI is InChI=1S/C15H22N2Si.C12H14N2/c1-12-6-7-13(2)17(12)15-10-14(8-9-16-15)11-18(3,4)5;1-9-6-7-13-12(8-9)14-10(2)4-5-11(14)3/h6-10H,11H2,1-5H3;4-8H,1-3H3. The number of aryl methyl sites for hydroxylation is 5. The lowest BCUT2D eigenvalue weighted by molar-refractivity contribution is 0.918. The summed E-state index contributed by atoms with van der Waals surface area (Å²) < 4.78 is 4.38. The van der Waals surface area contributed by atoms with Crippen LogP contribution in [0.3, 0.4) is 0 Å². The second-order valence-electron chi connectivity index (χ2n) is 9.85. The molecule has 0 atom stereocenters. The van der Waals surface area contributed by atoms with E-state index in [1.54, 1.807) is 0 Å².